The predicted octanol–water partition coefficient (Wildman–Crippen LogP) is 2.89. The molecule has 3 atom stereocenters. The molecule has 0 aliphatic heterocycles. The molecule has 7 nitrogen and oxygen atoms in total. The molecule has 2 aromatic rings. The smallest absolute Gasteiger partial charge is 0.257 e. The van der Waals surface area contributed by atoms with Gasteiger partial charge in [-0.25, -0.2) is 18.7 Å². The molecule has 1 aromatic heterocycles. The molecule has 1 saturated carbocycles. The van der Waals surface area contributed by atoms with Crippen molar-refractivity contribution in [2.45, 2.75) is 77.2 Å². The van der Waals surface area contributed by atoms with Crippen LogP contribution in [-0.2, 0) is 6.42 Å². The van der Waals surface area contributed by atoms with Crippen molar-refractivity contribution < 1.29 is 18.7 Å². The summed E-state index contributed by atoms with van der Waals surface area (Å²) in [6.45, 7) is 7.35. The zero-order valence-corrected chi connectivity index (χ0v) is 19.8. The minimum atomic E-state index is -1.16. The van der Waals surface area contributed by atoms with Crippen LogP contribution in [0.1, 0.15) is 62.0 Å². The molecule has 3 rings (SSSR count). The van der Waals surface area contributed by atoms with Crippen LogP contribution in [0.15, 0.2) is 24.7 Å². The van der Waals surface area contributed by atoms with Crippen molar-refractivity contribution in [3.63, 3.8) is 0 Å². The van der Waals surface area contributed by atoms with Crippen molar-refractivity contribution in [3.05, 3.63) is 53.0 Å². The molecule has 33 heavy (non-hydrogen) atoms. The van der Waals surface area contributed by atoms with Gasteiger partial charge in [-0.05, 0) is 52.2 Å². The summed E-state index contributed by atoms with van der Waals surface area (Å²) in [5.41, 5.74) is 6.71. The summed E-state index contributed by atoms with van der Waals surface area (Å²) in [5, 5.41) is 10.4. The maximum Gasteiger partial charge on any atom is 0.257 e. The maximum absolute atomic E-state index is 15.0. The van der Waals surface area contributed by atoms with E-state index in [4.69, 9.17) is 5.73 Å². The fraction of sp³-hybridized carbons (Fsp3) is 0.542. The molecule has 1 aromatic carbocycles. The van der Waals surface area contributed by atoms with Crippen molar-refractivity contribution >= 4 is 11.7 Å². The van der Waals surface area contributed by atoms with E-state index >= 15 is 0 Å². The van der Waals surface area contributed by atoms with E-state index in [0.717, 1.165) is 6.07 Å². The Morgan fingerprint density at radius 3 is 2.42 bits per heavy atom. The van der Waals surface area contributed by atoms with Gasteiger partial charge in [-0.2, -0.15) is 0 Å². The van der Waals surface area contributed by atoms with E-state index in [2.05, 4.69) is 9.97 Å². The fourth-order valence-electron chi connectivity index (χ4n) is 4.77. The van der Waals surface area contributed by atoms with Crippen LogP contribution in [0.3, 0.4) is 0 Å². The van der Waals surface area contributed by atoms with Gasteiger partial charge in [-0.1, -0.05) is 6.07 Å². The molecular formula is C24H33F2N5O2. The highest BCUT2D eigenvalue weighted by Gasteiger charge is 2.35. The van der Waals surface area contributed by atoms with E-state index < -0.39 is 23.6 Å². The van der Waals surface area contributed by atoms with E-state index in [1.807, 2.05) is 39.6 Å². The Labute approximate surface area is 193 Å². The zero-order chi connectivity index (χ0) is 24.4. The molecule has 0 saturated heterocycles. The van der Waals surface area contributed by atoms with Gasteiger partial charge in [-0.3, -0.25) is 4.79 Å². The molecule has 0 spiro atoms. The number of hydrogen-bond acceptors (Lipinski definition) is 6. The monoisotopic (exact) mass is 461 g/mol. The van der Waals surface area contributed by atoms with Crippen molar-refractivity contribution in [3.8, 4) is 0 Å². The fourth-order valence-corrected chi connectivity index (χ4v) is 4.77. The normalized spacial score (nSPS) is 20.5. The first-order chi connectivity index (χ1) is 15.5. The number of benzene rings is 1. The standard InChI is InChI=1S/C24H33F2N5O2/c1-13(2)31(14(3)4)24(33)21-15(6-7-18(25)22(21)26)8-16-11-28-12-29-23(16)30(5)19-9-17(27)10-20(19)32/h6-7,11-14,17,19-20,32H,8-10,27H2,1-5H3/t17-,19+,20-/m1/s1. The number of halogens is 2. The lowest BCUT2D eigenvalue weighted by molar-refractivity contribution is 0.0636. The van der Waals surface area contributed by atoms with E-state index in [1.165, 1.54) is 17.3 Å². The van der Waals surface area contributed by atoms with Gasteiger partial charge in [-0.15, -0.1) is 0 Å². The van der Waals surface area contributed by atoms with Crippen LogP contribution in [0.5, 0.6) is 0 Å². The number of carbonyl (C=O) groups is 1. The van der Waals surface area contributed by atoms with Crippen LogP contribution in [0.25, 0.3) is 0 Å². The van der Waals surface area contributed by atoms with Gasteiger partial charge in [0.05, 0.1) is 17.7 Å². The summed E-state index contributed by atoms with van der Waals surface area (Å²) < 4.78 is 29.2. The minimum absolute atomic E-state index is 0.105. The quantitative estimate of drug-likeness (QED) is 0.658. The van der Waals surface area contributed by atoms with Gasteiger partial charge >= 0.3 is 0 Å². The number of hydrogen-bond donors (Lipinski definition) is 2. The summed E-state index contributed by atoms with van der Waals surface area (Å²) in [4.78, 5) is 25.2. The predicted molar refractivity (Wildman–Crippen MR) is 123 cm³/mol. The first kappa shape index (κ1) is 25.0. The largest absolute Gasteiger partial charge is 0.391 e. The second kappa shape index (κ2) is 10.1. The highest BCUT2D eigenvalue weighted by Crippen LogP contribution is 2.30. The Balaban J connectivity index is 2.02. The average Bonchev–Trinajstić information content (AvgIpc) is 3.08. The molecule has 1 heterocycles. The number of nitrogens with zero attached hydrogens (tertiary/aromatic N) is 4. The van der Waals surface area contributed by atoms with E-state index in [9.17, 15) is 18.7 Å². The molecule has 1 fully saturated rings. The van der Waals surface area contributed by atoms with Crippen LogP contribution in [0, 0.1) is 11.6 Å². The topological polar surface area (TPSA) is 95.6 Å². The summed E-state index contributed by atoms with van der Waals surface area (Å²) >= 11 is 0. The molecule has 1 aliphatic carbocycles. The van der Waals surface area contributed by atoms with Crippen molar-refractivity contribution in [1.82, 2.24) is 14.9 Å². The maximum atomic E-state index is 15.0. The number of nitrogens with two attached hydrogens (primary N) is 1. The van der Waals surface area contributed by atoms with Gasteiger partial charge in [0.1, 0.15) is 12.1 Å². The Hall–Kier alpha value is -2.65. The molecule has 180 valence electrons. The van der Waals surface area contributed by atoms with Crippen molar-refractivity contribution in [1.29, 1.82) is 0 Å². The number of likely N-dealkylation sites (N-methyl/N-ethyl adjacent to an activating group) is 1. The van der Waals surface area contributed by atoms with Crippen LogP contribution in [-0.4, -0.2) is 63.2 Å². The van der Waals surface area contributed by atoms with E-state index in [-0.39, 0.29) is 36.2 Å². The third-order valence-corrected chi connectivity index (χ3v) is 6.25. The lowest BCUT2D eigenvalue weighted by Crippen LogP contribution is -2.43. The lowest BCUT2D eigenvalue weighted by atomic mass is 9.97. The molecule has 1 aliphatic rings. The minimum Gasteiger partial charge on any atom is -0.391 e. The van der Waals surface area contributed by atoms with Crippen LogP contribution < -0.4 is 10.6 Å². The van der Waals surface area contributed by atoms with Gasteiger partial charge in [0.25, 0.3) is 5.91 Å². The Kier molecular flexibility index (Phi) is 7.64. The Morgan fingerprint density at radius 1 is 1.18 bits per heavy atom. The Morgan fingerprint density at radius 2 is 1.85 bits per heavy atom. The average molecular weight is 462 g/mol. The SMILES string of the molecule is CC(C)N(C(=O)c1c(Cc2cncnc2N(C)[C@H]2C[C@@H](N)C[C@H]2O)ccc(F)c1F)C(C)C. The van der Waals surface area contributed by atoms with Gasteiger partial charge in [0, 0.05) is 43.4 Å². The summed E-state index contributed by atoms with van der Waals surface area (Å²) in [6, 6.07) is 1.75. The molecule has 0 unspecified atom stereocenters. The molecule has 0 bridgehead atoms. The summed E-state index contributed by atoms with van der Waals surface area (Å²) in [7, 11) is 1.81. The lowest BCUT2D eigenvalue weighted by Gasteiger charge is -2.32. The first-order valence-electron chi connectivity index (χ1n) is 11.3. The number of aliphatic hydroxyl groups excluding tert-OH is 1. The van der Waals surface area contributed by atoms with Gasteiger partial charge < -0.3 is 20.6 Å². The van der Waals surface area contributed by atoms with Gasteiger partial charge in [0.15, 0.2) is 11.6 Å². The van der Waals surface area contributed by atoms with Gasteiger partial charge in [0.2, 0.25) is 0 Å². The second-order valence-electron chi connectivity index (χ2n) is 9.32. The number of rotatable bonds is 7. The van der Waals surface area contributed by atoms with Crippen LogP contribution >= 0.6 is 0 Å². The third-order valence-electron chi connectivity index (χ3n) is 6.25. The Bertz CT molecular complexity index is 993. The highest BCUT2D eigenvalue weighted by molar-refractivity contribution is 5.96. The van der Waals surface area contributed by atoms with Crippen LogP contribution in [0.4, 0.5) is 14.6 Å². The van der Waals surface area contributed by atoms with Crippen LogP contribution in [0.2, 0.25) is 0 Å². The van der Waals surface area contributed by atoms with E-state index in [0.29, 0.717) is 29.8 Å². The number of anilines is 1. The molecule has 0 radical (unpaired) electrons. The number of carbonyl (C=O) groups excluding carboxylic acids is 1. The molecule has 3 N–H and O–H groups in total. The highest BCUT2D eigenvalue weighted by atomic mass is 19.2. The van der Waals surface area contributed by atoms with E-state index in [1.54, 1.807) is 6.20 Å². The van der Waals surface area contributed by atoms with Crippen molar-refractivity contribution in [2.24, 2.45) is 5.73 Å². The molecule has 9 heteroatoms. The first-order valence-corrected chi connectivity index (χ1v) is 11.3. The second-order valence-corrected chi connectivity index (χ2v) is 9.32. The zero-order valence-electron chi connectivity index (χ0n) is 19.8. The third kappa shape index (κ3) is 5.14. The molecule has 1 amide bonds. The van der Waals surface area contributed by atoms with Crippen molar-refractivity contribution in [2.75, 3.05) is 11.9 Å². The number of aromatic nitrogens is 2. The summed E-state index contributed by atoms with van der Waals surface area (Å²) in [5.74, 6) is -2.24. The number of aliphatic hydroxyl groups is 1. The molecular weight excluding hydrogens is 428 g/mol. The number of amides is 1. The summed E-state index contributed by atoms with van der Waals surface area (Å²) in [6.07, 6.45) is 3.62.